The monoisotopic (exact) mass is 422 g/mol. The van der Waals surface area contributed by atoms with Crippen LogP contribution in [0, 0.1) is 5.41 Å². The minimum atomic E-state index is -4.10. The molecule has 0 spiro atoms. The molecule has 0 aromatic heterocycles. The Labute approximate surface area is 151 Å². The molecule has 0 aromatic carbocycles. The first kappa shape index (κ1) is 22.6. The van der Waals surface area contributed by atoms with Crippen molar-refractivity contribution in [3.05, 3.63) is 0 Å². The van der Waals surface area contributed by atoms with E-state index < -0.39 is 23.4 Å². The first-order chi connectivity index (χ1) is 9.30. The number of rotatable bonds is 10. The normalized spacial score (nSPS) is 21.4. The molecule has 0 radical (unpaired) electrons. The predicted octanol–water partition coefficient (Wildman–Crippen LogP) is 5.80. The summed E-state index contributed by atoms with van der Waals surface area (Å²) in [6.07, 6.45) is 0. The third-order valence-corrected chi connectivity index (χ3v) is 6.41. The van der Waals surface area contributed by atoms with Crippen LogP contribution >= 0.6 is 65.8 Å². The zero-order valence-electron chi connectivity index (χ0n) is 12.3. The number of halogens is 5. The zero-order valence-corrected chi connectivity index (χ0v) is 17.0. The van der Waals surface area contributed by atoms with Gasteiger partial charge in [-0.25, -0.2) is 4.57 Å². The molecule has 10 heteroatoms. The van der Waals surface area contributed by atoms with Gasteiger partial charge in [0.05, 0.1) is 18.4 Å². The van der Waals surface area contributed by atoms with Gasteiger partial charge in [0.25, 0.3) is 0 Å². The van der Waals surface area contributed by atoms with Gasteiger partial charge >= 0.3 is 7.82 Å². The fraction of sp³-hybridized carbons (Fsp3) is 1.00. The lowest BCUT2D eigenvalue weighted by atomic mass is 9.99. The van der Waals surface area contributed by atoms with E-state index >= 15 is 0 Å². The van der Waals surface area contributed by atoms with E-state index in [2.05, 4.69) is 0 Å². The molecule has 0 bridgehead atoms. The molecule has 0 fully saturated rings. The van der Waals surface area contributed by atoms with Gasteiger partial charge in [-0.3, -0.25) is 13.6 Å². The molecular weight excluding hydrogens is 404 g/mol. The van der Waals surface area contributed by atoms with Crippen molar-refractivity contribution in [2.45, 2.75) is 37.8 Å². The van der Waals surface area contributed by atoms with Crippen LogP contribution in [0.15, 0.2) is 0 Å². The van der Waals surface area contributed by atoms with Crippen LogP contribution in [0.2, 0.25) is 0 Å². The zero-order chi connectivity index (χ0) is 16.9. The molecule has 0 heterocycles. The van der Waals surface area contributed by atoms with Crippen LogP contribution in [0.5, 0.6) is 0 Å². The van der Waals surface area contributed by atoms with Crippen LogP contribution < -0.4 is 0 Å². The van der Waals surface area contributed by atoms with Crippen molar-refractivity contribution < 1.29 is 18.1 Å². The van der Waals surface area contributed by atoms with Crippen LogP contribution in [0.4, 0.5) is 0 Å². The molecule has 21 heavy (non-hydrogen) atoms. The Morgan fingerprint density at radius 2 is 1.24 bits per heavy atom. The smallest absolute Gasteiger partial charge is 0.286 e. The maximum Gasteiger partial charge on any atom is 0.478 e. The summed E-state index contributed by atoms with van der Waals surface area (Å²) in [6.45, 7) is 6.53. The Morgan fingerprint density at radius 1 is 0.857 bits per heavy atom. The fourth-order valence-corrected chi connectivity index (χ4v) is 3.44. The number of hydrogen-bond donors (Lipinski definition) is 0. The van der Waals surface area contributed by atoms with Gasteiger partial charge in [0.1, 0.15) is 0 Å². The summed E-state index contributed by atoms with van der Waals surface area (Å²) in [6, 6.07) is 0. The largest absolute Gasteiger partial charge is 0.478 e. The van der Waals surface area contributed by atoms with Gasteiger partial charge in [0, 0.05) is 11.3 Å². The third kappa shape index (κ3) is 9.44. The van der Waals surface area contributed by atoms with E-state index in [0.717, 1.165) is 0 Å². The number of hydrogen-bond acceptors (Lipinski definition) is 4. The topological polar surface area (TPSA) is 44.8 Å². The second-order valence-corrected chi connectivity index (χ2v) is 9.59. The van der Waals surface area contributed by atoms with Gasteiger partial charge < -0.3 is 0 Å². The van der Waals surface area contributed by atoms with Gasteiger partial charge in [0.15, 0.2) is 10.1 Å². The molecule has 0 saturated heterocycles. The molecule has 0 saturated carbocycles. The highest BCUT2D eigenvalue weighted by molar-refractivity contribution is 7.48. The summed E-state index contributed by atoms with van der Waals surface area (Å²) in [5.74, 6) is 0.0162. The van der Waals surface area contributed by atoms with Crippen LogP contribution in [-0.2, 0) is 18.1 Å². The molecular formula is C11H20Cl5O4P. The maximum atomic E-state index is 12.7. The van der Waals surface area contributed by atoms with Crippen molar-refractivity contribution in [2.75, 3.05) is 24.2 Å². The highest BCUT2D eigenvalue weighted by atomic mass is 35.5. The first-order valence-corrected chi connectivity index (χ1v) is 9.84. The Balaban J connectivity index is 5.14. The van der Waals surface area contributed by atoms with E-state index in [9.17, 15) is 4.57 Å². The van der Waals surface area contributed by atoms with Gasteiger partial charge in [-0.05, 0) is 13.8 Å². The van der Waals surface area contributed by atoms with E-state index in [1.807, 2.05) is 13.8 Å². The first-order valence-electron chi connectivity index (χ1n) is 6.02. The standard InChI is InChI=1S/C11H20Cl5O4P/c1-9(2,5-12)8-18-21(17,19-10(3,15)6-13)20-11(4,16)7-14/h5-8H2,1-4H3. The molecule has 0 aliphatic rings. The average Bonchev–Trinajstić information content (AvgIpc) is 2.35. The molecule has 2 atom stereocenters. The van der Waals surface area contributed by atoms with Gasteiger partial charge in [-0.2, -0.15) is 0 Å². The molecule has 0 aliphatic carbocycles. The molecule has 4 nitrogen and oxygen atoms in total. The molecule has 0 N–H and O–H groups in total. The highest BCUT2D eigenvalue weighted by Crippen LogP contribution is 2.57. The Kier molecular flexibility index (Phi) is 9.24. The number of phosphoric ester groups is 1. The van der Waals surface area contributed by atoms with Crippen LogP contribution in [0.3, 0.4) is 0 Å². The lowest BCUT2D eigenvalue weighted by Crippen LogP contribution is -2.30. The van der Waals surface area contributed by atoms with Crippen LogP contribution in [0.25, 0.3) is 0 Å². The second-order valence-electron chi connectivity index (χ2n) is 5.67. The van der Waals surface area contributed by atoms with Gasteiger partial charge in [-0.1, -0.05) is 37.0 Å². The van der Waals surface area contributed by atoms with Crippen molar-refractivity contribution in [1.82, 2.24) is 0 Å². The summed E-state index contributed by atoms with van der Waals surface area (Å²) < 4.78 is 28.5. The van der Waals surface area contributed by atoms with Gasteiger partial charge in [-0.15, -0.1) is 34.8 Å². The van der Waals surface area contributed by atoms with E-state index in [4.69, 9.17) is 71.6 Å². The van der Waals surface area contributed by atoms with Crippen molar-refractivity contribution in [3.8, 4) is 0 Å². The van der Waals surface area contributed by atoms with Gasteiger partial charge in [0.2, 0.25) is 0 Å². The Bertz CT molecular complexity index is 354. The molecule has 0 rings (SSSR count). The minimum absolute atomic E-state index is 0.0122. The second kappa shape index (κ2) is 8.60. The summed E-state index contributed by atoms with van der Waals surface area (Å²) in [5.41, 5.74) is -0.447. The predicted molar refractivity (Wildman–Crippen MR) is 90.2 cm³/mol. The molecule has 0 aliphatic heterocycles. The van der Waals surface area contributed by atoms with E-state index in [1.165, 1.54) is 13.8 Å². The van der Waals surface area contributed by atoms with Crippen molar-refractivity contribution in [3.63, 3.8) is 0 Å². The molecule has 0 amide bonds. The quantitative estimate of drug-likeness (QED) is 0.329. The van der Waals surface area contributed by atoms with E-state index in [-0.39, 0.29) is 24.2 Å². The minimum Gasteiger partial charge on any atom is -0.286 e. The summed E-state index contributed by atoms with van der Waals surface area (Å²) in [7, 11) is -4.10. The SMILES string of the molecule is CC(C)(CCl)COP(=O)(OC(C)(Cl)CCl)OC(C)(Cl)CCl. The van der Waals surface area contributed by atoms with Crippen molar-refractivity contribution in [2.24, 2.45) is 5.41 Å². The molecule has 128 valence electrons. The number of alkyl halides is 5. The number of phosphoric acid groups is 1. The average molecular weight is 425 g/mol. The Hall–Kier alpha value is 1.56. The summed E-state index contributed by atoms with van der Waals surface area (Å²) in [4.78, 5) is 0. The Morgan fingerprint density at radius 3 is 1.52 bits per heavy atom. The van der Waals surface area contributed by atoms with Crippen molar-refractivity contribution in [1.29, 1.82) is 0 Å². The molecule has 0 aromatic rings. The highest BCUT2D eigenvalue weighted by Gasteiger charge is 2.43. The third-order valence-electron chi connectivity index (χ3n) is 2.06. The summed E-state index contributed by atoms with van der Waals surface area (Å²) in [5, 5.41) is -2.89. The van der Waals surface area contributed by atoms with E-state index in [0.29, 0.717) is 0 Å². The lowest BCUT2D eigenvalue weighted by Gasteiger charge is -2.32. The maximum absolute atomic E-state index is 12.7. The molecule has 2 unspecified atom stereocenters. The lowest BCUT2D eigenvalue weighted by molar-refractivity contribution is 0.0341. The van der Waals surface area contributed by atoms with Crippen molar-refractivity contribution >= 4 is 65.8 Å². The van der Waals surface area contributed by atoms with Crippen LogP contribution in [-0.4, -0.2) is 34.4 Å². The van der Waals surface area contributed by atoms with E-state index in [1.54, 1.807) is 0 Å². The summed E-state index contributed by atoms with van der Waals surface area (Å²) >= 11 is 29.0. The fourth-order valence-electron chi connectivity index (χ4n) is 0.879. The van der Waals surface area contributed by atoms with Crippen LogP contribution in [0.1, 0.15) is 27.7 Å².